The Balaban J connectivity index is 1.53. The standard InChI is InChI=1S/C15H23N5O4S/c1-15(2,3)24-13(21)16-7-6-11-17-18-12(25-11)10-5-4-9-8-19(10)14(22)20(9)23/h9-10,23H,4-8H2,1-3H3,(H,16,21)/t9?,10-/m0/s1. The van der Waals surface area contributed by atoms with Crippen molar-refractivity contribution < 1.29 is 19.5 Å². The van der Waals surface area contributed by atoms with E-state index in [-0.39, 0.29) is 18.1 Å². The number of piperidine rings is 1. The Kier molecular flexibility index (Phi) is 4.83. The first-order valence-corrected chi connectivity index (χ1v) is 9.14. The number of alkyl carbamates (subject to hydrolysis) is 1. The van der Waals surface area contributed by atoms with Gasteiger partial charge in [0.2, 0.25) is 0 Å². The number of aromatic nitrogens is 2. The van der Waals surface area contributed by atoms with Gasteiger partial charge < -0.3 is 15.0 Å². The SMILES string of the molecule is CC(C)(C)OC(=O)NCCc1nnc([C@@H]2CCC3CN2C(=O)N3O)s1. The first kappa shape index (κ1) is 17.9. The summed E-state index contributed by atoms with van der Waals surface area (Å²) < 4.78 is 5.18. The van der Waals surface area contributed by atoms with Crippen LogP contribution in [0.3, 0.4) is 0 Å². The van der Waals surface area contributed by atoms with E-state index in [4.69, 9.17) is 4.74 Å². The Morgan fingerprint density at radius 2 is 2.16 bits per heavy atom. The highest BCUT2D eigenvalue weighted by Gasteiger charge is 2.45. The van der Waals surface area contributed by atoms with Gasteiger partial charge in [0.05, 0.1) is 12.1 Å². The first-order valence-electron chi connectivity index (χ1n) is 8.32. The predicted molar refractivity (Wildman–Crippen MR) is 89.3 cm³/mol. The molecule has 10 heteroatoms. The van der Waals surface area contributed by atoms with Gasteiger partial charge in [0.1, 0.15) is 15.6 Å². The van der Waals surface area contributed by atoms with Crippen molar-refractivity contribution in [2.45, 2.75) is 57.7 Å². The van der Waals surface area contributed by atoms with E-state index in [1.807, 2.05) is 20.8 Å². The molecule has 2 bridgehead atoms. The highest BCUT2D eigenvalue weighted by Crippen LogP contribution is 2.38. The molecule has 2 atom stereocenters. The van der Waals surface area contributed by atoms with Crippen LogP contribution in [0, 0.1) is 0 Å². The summed E-state index contributed by atoms with van der Waals surface area (Å²) in [5.41, 5.74) is -0.526. The van der Waals surface area contributed by atoms with Gasteiger partial charge in [-0.25, -0.2) is 14.7 Å². The summed E-state index contributed by atoms with van der Waals surface area (Å²) in [4.78, 5) is 25.3. The van der Waals surface area contributed by atoms with Crippen molar-refractivity contribution in [3.05, 3.63) is 10.0 Å². The van der Waals surface area contributed by atoms with E-state index < -0.39 is 11.7 Å². The average Bonchev–Trinajstić information content (AvgIpc) is 3.07. The van der Waals surface area contributed by atoms with Gasteiger partial charge in [0.25, 0.3) is 0 Å². The van der Waals surface area contributed by atoms with Crippen molar-refractivity contribution in [1.82, 2.24) is 25.5 Å². The molecule has 1 aromatic heterocycles. The number of carbonyl (C=O) groups excluding carboxylic acids is 2. The van der Waals surface area contributed by atoms with E-state index in [0.29, 0.717) is 19.5 Å². The number of carbonyl (C=O) groups is 2. The normalized spacial score (nSPS) is 23.1. The number of nitrogens with zero attached hydrogens (tertiary/aromatic N) is 4. The van der Waals surface area contributed by atoms with E-state index in [1.54, 1.807) is 4.90 Å². The van der Waals surface area contributed by atoms with Gasteiger partial charge in [0, 0.05) is 19.5 Å². The van der Waals surface area contributed by atoms with E-state index in [1.165, 1.54) is 11.3 Å². The molecule has 0 radical (unpaired) electrons. The van der Waals surface area contributed by atoms with Crippen molar-refractivity contribution in [1.29, 1.82) is 0 Å². The smallest absolute Gasteiger partial charge is 0.407 e. The van der Waals surface area contributed by atoms with E-state index in [0.717, 1.165) is 27.9 Å². The second-order valence-corrected chi connectivity index (χ2v) is 8.33. The molecule has 3 amide bonds. The van der Waals surface area contributed by atoms with Crippen molar-refractivity contribution >= 4 is 23.5 Å². The lowest BCUT2D eigenvalue weighted by Crippen LogP contribution is -2.33. The van der Waals surface area contributed by atoms with Gasteiger partial charge in [-0.3, -0.25) is 5.21 Å². The predicted octanol–water partition coefficient (Wildman–Crippen LogP) is 1.94. The summed E-state index contributed by atoms with van der Waals surface area (Å²) in [6.07, 6.45) is 1.60. The quantitative estimate of drug-likeness (QED) is 0.785. The van der Waals surface area contributed by atoms with Crippen molar-refractivity contribution in [3.63, 3.8) is 0 Å². The Hall–Kier alpha value is -1.94. The van der Waals surface area contributed by atoms with Crippen molar-refractivity contribution in [3.8, 4) is 0 Å². The summed E-state index contributed by atoms with van der Waals surface area (Å²) in [5.74, 6) is 0. The van der Waals surface area contributed by atoms with Crippen LogP contribution in [0.15, 0.2) is 0 Å². The van der Waals surface area contributed by atoms with Crippen LogP contribution in [0.4, 0.5) is 9.59 Å². The fourth-order valence-electron chi connectivity index (χ4n) is 3.00. The van der Waals surface area contributed by atoms with Crippen LogP contribution in [0.5, 0.6) is 0 Å². The molecular weight excluding hydrogens is 346 g/mol. The highest BCUT2D eigenvalue weighted by atomic mass is 32.1. The Morgan fingerprint density at radius 1 is 1.40 bits per heavy atom. The number of nitrogens with one attached hydrogen (secondary N) is 1. The molecule has 2 saturated heterocycles. The van der Waals surface area contributed by atoms with Crippen molar-refractivity contribution in [2.24, 2.45) is 0 Å². The van der Waals surface area contributed by atoms with E-state index in [2.05, 4.69) is 15.5 Å². The molecule has 3 heterocycles. The van der Waals surface area contributed by atoms with Crippen LogP contribution < -0.4 is 5.32 Å². The summed E-state index contributed by atoms with van der Waals surface area (Å²) in [6.45, 7) is 6.36. The molecule has 0 spiro atoms. The maximum Gasteiger partial charge on any atom is 0.407 e. The molecule has 2 aliphatic rings. The average molecular weight is 369 g/mol. The molecule has 0 aromatic carbocycles. The Bertz CT molecular complexity index is 659. The first-order chi connectivity index (χ1) is 11.7. The number of amides is 3. The van der Waals surface area contributed by atoms with Crippen LogP contribution in [-0.2, 0) is 11.2 Å². The fourth-order valence-corrected chi connectivity index (χ4v) is 3.99. The van der Waals surface area contributed by atoms with Crippen LogP contribution in [0.25, 0.3) is 0 Å². The minimum Gasteiger partial charge on any atom is -0.444 e. The van der Waals surface area contributed by atoms with Gasteiger partial charge in [-0.15, -0.1) is 10.2 Å². The molecule has 9 nitrogen and oxygen atoms in total. The van der Waals surface area contributed by atoms with Crippen LogP contribution >= 0.6 is 11.3 Å². The minimum absolute atomic E-state index is 0.117. The topological polar surface area (TPSA) is 108 Å². The number of rotatable bonds is 4. The molecule has 25 heavy (non-hydrogen) atoms. The van der Waals surface area contributed by atoms with Crippen molar-refractivity contribution in [2.75, 3.05) is 13.1 Å². The zero-order valence-electron chi connectivity index (χ0n) is 14.6. The van der Waals surface area contributed by atoms with E-state index in [9.17, 15) is 14.8 Å². The third-order valence-corrected chi connectivity index (χ3v) is 5.20. The maximum absolute atomic E-state index is 12.0. The fraction of sp³-hybridized carbons (Fsp3) is 0.733. The molecule has 0 saturated carbocycles. The summed E-state index contributed by atoms with van der Waals surface area (Å²) >= 11 is 1.44. The minimum atomic E-state index is -0.526. The number of hydrogen-bond acceptors (Lipinski definition) is 7. The van der Waals surface area contributed by atoms with Gasteiger partial charge >= 0.3 is 12.1 Å². The van der Waals surface area contributed by atoms with Crippen LogP contribution in [0.1, 0.15) is 49.7 Å². The third-order valence-electron chi connectivity index (χ3n) is 4.12. The van der Waals surface area contributed by atoms with E-state index >= 15 is 0 Å². The number of urea groups is 1. The molecule has 2 fully saturated rings. The second kappa shape index (κ2) is 6.75. The lowest BCUT2D eigenvalue weighted by Gasteiger charge is -2.28. The zero-order chi connectivity index (χ0) is 18.2. The van der Waals surface area contributed by atoms with Crippen LogP contribution in [-0.4, -0.2) is 62.2 Å². The lowest BCUT2D eigenvalue weighted by molar-refractivity contribution is -0.0584. The molecule has 3 rings (SSSR count). The maximum atomic E-state index is 12.0. The number of hydrogen-bond donors (Lipinski definition) is 2. The largest absolute Gasteiger partial charge is 0.444 e. The third kappa shape index (κ3) is 4.01. The molecule has 138 valence electrons. The van der Waals surface area contributed by atoms with Gasteiger partial charge in [0.15, 0.2) is 0 Å². The second-order valence-electron chi connectivity index (χ2n) is 7.24. The molecule has 1 aromatic rings. The summed E-state index contributed by atoms with van der Waals surface area (Å²) in [5, 5.41) is 23.2. The molecule has 1 unspecified atom stereocenters. The van der Waals surface area contributed by atoms with Crippen LogP contribution in [0.2, 0.25) is 0 Å². The summed E-state index contributed by atoms with van der Waals surface area (Å²) in [6, 6.07) is -0.615. The number of hydroxylamine groups is 2. The van der Waals surface area contributed by atoms with Gasteiger partial charge in [-0.05, 0) is 33.6 Å². The van der Waals surface area contributed by atoms with Gasteiger partial charge in [-0.2, -0.15) is 0 Å². The molecular formula is C15H23N5O4S. The lowest BCUT2D eigenvalue weighted by atomic mass is 10.0. The molecule has 0 aliphatic carbocycles. The monoisotopic (exact) mass is 369 g/mol. The Morgan fingerprint density at radius 3 is 2.88 bits per heavy atom. The summed E-state index contributed by atoms with van der Waals surface area (Å²) in [7, 11) is 0. The molecule has 2 aliphatic heterocycles. The zero-order valence-corrected chi connectivity index (χ0v) is 15.4. The van der Waals surface area contributed by atoms with Gasteiger partial charge in [-0.1, -0.05) is 11.3 Å². The number of ether oxygens (including phenoxy) is 1. The highest BCUT2D eigenvalue weighted by molar-refractivity contribution is 7.11. The Labute approximate surface area is 149 Å². The molecule has 2 N–H and O–H groups in total. The number of fused-ring (bicyclic) bond motifs is 2.